The molecule has 0 bridgehead atoms. The summed E-state index contributed by atoms with van der Waals surface area (Å²) in [6, 6.07) is 9.68. The molecule has 2 N–H and O–H groups in total. The van der Waals surface area contributed by atoms with Gasteiger partial charge in [0, 0.05) is 44.3 Å². The van der Waals surface area contributed by atoms with Crippen LogP contribution in [0, 0.1) is 12.8 Å². The molecule has 0 spiro atoms. The molecule has 3 aromatic rings. The Morgan fingerprint density at radius 2 is 2.19 bits per heavy atom. The van der Waals surface area contributed by atoms with E-state index in [0.717, 1.165) is 54.3 Å². The molecule has 0 amide bonds. The number of nitrogens with one attached hydrogen (secondary N) is 1. The Morgan fingerprint density at radius 1 is 1.31 bits per heavy atom. The van der Waals surface area contributed by atoms with Crippen LogP contribution in [0.4, 0.5) is 0 Å². The van der Waals surface area contributed by atoms with E-state index in [2.05, 4.69) is 17.3 Å². The van der Waals surface area contributed by atoms with Crippen molar-refractivity contribution in [2.24, 2.45) is 13.0 Å². The largest absolute Gasteiger partial charge is 0.491 e. The molecule has 170 valence electrons. The van der Waals surface area contributed by atoms with Crippen LogP contribution >= 0.6 is 0 Å². The van der Waals surface area contributed by atoms with Crippen molar-refractivity contribution in [3.63, 3.8) is 0 Å². The van der Waals surface area contributed by atoms with E-state index in [0.29, 0.717) is 24.0 Å². The fraction of sp³-hybridized carbons (Fsp3) is 0.458. The molecular weight excluding hydrogens is 406 g/mol. The van der Waals surface area contributed by atoms with Gasteiger partial charge in [-0.15, -0.1) is 0 Å². The summed E-state index contributed by atoms with van der Waals surface area (Å²) in [6.07, 6.45) is 3.12. The van der Waals surface area contributed by atoms with Crippen LogP contribution in [0.1, 0.15) is 17.7 Å². The molecule has 0 aliphatic carbocycles. The summed E-state index contributed by atoms with van der Waals surface area (Å²) in [6.45, 7) is 4.36. The fourth-order valence-electron chi connectivity index (χ4n) is 3.98. The highest BCUT2D eigenvalue weighted by atomic mass is 16.5. The molecule has 1 saturated heterocycles. The molecule has 0 radical (unpaired) electrons. The number of aryl methyl sites for hydroxylation is 1. The van der Waals surface area contributed by atoms with Crippen molar-refractivity contribution in [3.05, 3.63) is 47.8 Å². The molecule has 1 unspecified atom stereocenters. The average molecular weight is 438 g/mol. The first-order chi connectivity index (χ1) is 15.5. The number of hydrogen-bond acceptors (Lipinski definition) is 7. The molecule has 3 heterocycles. The van der Waals surface area contributed by atoms with Crippen LogP contribution in [0.3, 0.4) is 0 Å². The van der Waals surface area contributed by atoms with Crippen molar-refractivity contribution in [1.29, 1.82) is 0 Å². The first kappa shape index (κ1) is 22.4. The molecule has 1 aliphatic rings. The Balaban J connectivity index is 1.68. The van der Waals surface area contributed by atoms with E-state index in [1.807, 2.05) is 42.1 Å². The molecule has 8 nitrogen and oxygen atoms in total. The predicted molar refractivity (Wildman–Crippen MR) is 122 cm³/mol. The maximum Gasteiger partial charge on any atom is 0.160 e. The van der Waals surface area contributed by atoms with Crippen LogP contribution in [0.25, 0.3) is 22.8 Å². The second-order valence-corrected chi connectivity index (χ2v) is 8.29. The third kappa shape index (κ3) is 5.15. The summed E-state index contributed by atoms with van der Waals surface area (Å²) in [5, 5.41) is 17.2. The van der Waals surface area contributed by atoms with E-state index in [9.17, 15) is 5.11 Å². The number of nitrogens with zero attached hydrogens (tertiary/aromatic N) is 4. The molecule has 8 heteroatoms. The Bertz CT molecular complexity index is 1050. The molecule has 4 rings (SSSR count). The molecule has 32 heavy (non-hydrogen) atoms. The SMILES string of the molecule is CNCC(O)COc1cccc(-c2nc(C[C@@H]3CCOC3)c(C)c(-c3ccnn3C)n2)c1. The molecule has 1 fully saturated rings. The van der Waals surface area contributed by atoms with Crippen LogP contribution in [0.15, 0.2) is 36.5 Å². The Labute approximate surface area is 188 Å². The van der Waals surface area contributed by atoms with Gasteiger partial charge in [-0.3, -0.25) is 4.68 Å². The Morgan fingerprint density at radius 3 is 2.91 bits per heavy atom. The van der Waals surface area contributed by atoms with Gasteiger partial charge < -0.3 is 19.9 Å². The number of ether oxygens (including phenoxy) is 2. The number of aliphatic hydroxyl groups excluding tert-OH is 1. The Hall–Kier alpha value is -2.81. The lowest BCUT2D eigenvalue weighted by Crippen LogP contribution is -2.29. The third-order valence-electron chi connectivity index (χ3n) is 5.79. The van der Waals surface area contributed by atoms with Crippen LogP contribution in [0.2, 0.25) is 0 Å². The topological polar surface area (TPSA) is 94.3 Å². The maximum atomic E-state index is 9.94. The van der Waals surface area contributed by atoms with Gasteiger partial charge in [-0.2, -0.15) is 5.10 Å². The van der Waals surface area contributed by atoms with Crippen LogP contribution in [-0.4, -0.2) is 64.4 Å². The molecule has 0 saturated carbocycles. The van der Waals surface area contributed by atoms with E-state index >= 15 is 0 Å². The highest BCUT2D eigenvalue weighted by Crippen LogP contribution is 2.30. The van der Waals surface area contributed by atoms with Crippen molar-refractivity contribution in [1.82, 2.24) is 25.1 Å². The smallest absolute Gasteiger partial charge is 0.160 e. The third-order valence-corrected chi connectivity index (χ3v) is 5.79. The zero-order chi connectivity index (χ0) is 22.5. The van der Waals surface area contributed by atoms with Crippen molar-refractivity contribution >= 4 is 0 Å². The summed E-state index contributed by atoms with van der Waals surface area (Å²) in [7, 11) is 3.72. The van der Waals surface area contributed by atoms with Gasteiger partial charge in [0.1, 0.15) is 18.5 Å². The number of benzene rings is 1. The maximum absolute atomic E-state index is 9.94. The minimum atomic E-state index is -0.573. The predicted octanol–water partition coefficient (Wildman–Crippen LogP) is 2.39. The van der Waals surface area contributed by atoms with Gasteiger partial charge in [0.05, 0.1) is 11.4 Å². The second kappa shape index (κ2) is 10.2. The summed E-state index contributed by atoms with van der Waals surface area (Å²) < 4.78 is 13.2. The fourth-order valence-corrected chi connectivity index (χ4v) is 3.98. The van der Waals surface area contributed by atoms with Crippen molar-refractivity contribution < 1.29 is 14.6 Å². The molecule has 1 aliphatic heterocycles. The average Bonchev–Trinajstić information content (AvgIpc) is 3.46. The second-order valence-electron chi connectivity index (χ2n) is 8.29. The van der Waals surface area contributed by atoms with E-state index in [1.165, 1.54) is 0 Å². The van der Waals surface area contributed by atoms with Crippen molar-refractivity contribution in [2.75, 3.05) is 33.4 Å². The number of likely N-dealkylation sites (N-methyl/N-ethyl adjacent to an activating group) is 1. The highest BCUT2D eigenvalue weighted by Gasteiger charge is 2.22. The van der Waals surface area contributed by atoms with Gasteiger partial charge in [-0.25, -0.2) is 9.97 Å². The van der Waals surface area contributed by atoms with Gasteiger partial charge in [-0.05, 0) is 56.5 Å². The van der Waals surface area contributed by atoms with Gasteiger partial charge in [0.25, 0.3) is 0 Å². The van der Waals surface area contributed by atoms with Gasteiger partial charge >= 0.3 is 0 Å². The normalized spacial score (nSPS) is 16.9. The standard InChI is InChI=1S/C24H31N5O3/c1-16-21(11-17-8-10-31-14-17)27-24(28-23(16)22-7-9-26-29(22)3)18-5-4-6-20(12-18)32-15-19(30)13-25-2/h4-7,9,12,17,19,25,30H,8,10-11,13-15H2,1-3H3/t17-,19?/m0/s1. The first-order valence-electron chi connectivity index (χ1n) is 11.0. The van der Waals surface area contributed by atoms with Crippen molar-refractivity contribution in [2.45, 2.75) is 25.9 Å². The van der Waals surface area contributed by atoms with Crippen LogP contribution < -0.4 is 10.1 Å². The summed E-state index contributed by atoms with van der Waals surface area (Å²) in [4.78, 5) is 9.89. The van der Waals surface area contributed by atoms with Gasteiger partial charge in [0.2, 0.25) is 0 Å². The molecule has 2 aromatic heterocycles. The van der Waals surface area contributed by atoms with Crippen molar-refractivity contribution in [3.8, 4) is 28.5 Å². The lowest BCUT2D eigenvalue weighted by molar-refractivity contribution is 0.108. The summed E-state index contributed by atoms with van der Waals surface area (Å²) >= 11 is 0. The van der Waals surface area contributed by atoms with E-state index < -0.39 is 6.10 Å². The van der Waals surface area contributed by atoms with E-state index in [4.69, 9.17) is 19.4 Å². The lowest BCUT2D eigenvalue weighted by atomic mass is 9.98. The lowest BCUT2D eigenvalue weighted by Gasteiger charge is -2.16. The quantitative estimate of drug-likeness (QED) is 0.531. The first-order valence-corrected chi connectivity index (χ1v) is 11.0. The highest BCUT2D eigenvalue weighted by molar-refractivity contribution is 5.66. The number of aliphatic hydroxyl groups is 1. The minimum absolute atomic E-state index is 0.215. The molecule has 1 aromatic carbocycles. The zero-order valence-electron chi connectivity index (χ0n) is 18.9. The minimum Gasteiger partial charge on any atom is -0.491 e. The number of aromatic nitrogens is 4. The van der Waals surface area contributed by atoms with E-state index in [1.54, 1.807) is 13.2 Å². The number of rotatable bonds is 9. The molecular formula is C24H31N5O3. The monoisotopic (exact) mass is 437 g/mol. The van der Waals surface area contributed by atoms with Crippen LogP contribution in [0.5, 0.6) is 5.75 Å². The van der Waals surface area contributed by atoms with E-state index in [-0.39, 0.29) is 6.61 Å². The Kier molecular flexibility index (Phi) is 7.14. The zero-order valence-corrected chi connectivity index (χ0v) is 18.9. The van der Waals surface area contributed by atoms with Crippen LogP contribution in [-0.2, 0) is 18.2 Å². The summed E-state index contributed by atoms with van der Waals surface area (Å²) in [5.74, 6) is 1.80. The number of hydrogen-bond donors (Lipinski definition) is 2. The molecule has 2 atom stereocenters. The van der Waals surface area contributed by atoms with Gasteiger partial charge in [0.15, 0.2) is 5.82 Å². The summed E-state index contributed by atoms with van der Waals surface area (Å²) in [5.41, 5.74) is 4.83. The van der Waals surface area contributed by atoms with Gasteiger partial charge in [-0.1, -0.05) is 12.1 Å².